The minimum absolute atomic E-state index is 0.00588. The van der Waals surface area contributed by atoms with Gasteiger partial charge in [-0.3, -0.25) is 4.79 Å². The molecular weight excluding hydrogens is 442 g/mol. The number of carbonyl (C=O) groups is 1. The predicted octanol–water partition coefficient (Wildman–Crippen LogP) is 4.00. The molecule has 1 saturated heterocycles. The molecule has 8 heteroatoms. The fourth-order valence-corrected chi connectivity index (χ4v) is 5.73. The summed E-state index contributed by atoms with van der Waals surface area (Å²) in [5.74, 6) is 4.14. The monoisotopic (exact) mass is 481 g/mol. The van der Waals surface area contributed by atoms with Gasteiger partial charge in [0.25, 0.3) is 5.91 Å². The first-order valence-electron chi connectivity index (χ1n) is 13.3. The topological polar surface area (TPSA) is 93.4 Å². The number of aromatic nitrogens is 3. The van der Waals surface area contributed by atoms with Gasteiger partial charge in [-0.15, -0.1) is 0 Å². The molecule has 1 N–H and O–H groups in total. The van der Waals surface area contributed by atoms with E-state index in [1.807, 2.05) is 6.92 Å². The maximum absolute atomic E-state index is 12.3. The molecule has 2 aromatic heterocycles. The van der Waals surface area contributed by atoms with E-state index >= 15 is 0 Å². The Morgan fingerprint density at radius 2 is 1.94 bits per heavy atom. The van der Waals surface area contributed by atoms with Gasteiger partial charge in [-0.2, -0.15) is 0 Å². The molecule has 3 fully saturated rings. The first kappa shape index (κ1) is 24.2. The highest BCUT2D eigenvalue weighted by Gasteiger charge is 2.44. The maximum Gasteiger partial charge on any atom is 0.258 e. The normalized spacial score (nSPS) is 29.3. The molecule has 0 aromatic carbocycles. The molecule has 0 spiro atoms. The van der Waals surface area contributed by atoms with Gasteiger partial charge in [0.2, 0.25) is 0 Å². The molecule has 1 amide bonds. The third-order valence-corrected chi connectivity index (χ3v) is 8.46. The number of nitrogens with one attached hydrogen (secondary N) is 1. The van der Waals surface area contributed by atoms with E-state index in [1.54, 1.807) is 12.4 Å². The summed E-state index contributed by atoms with van der Waals surface area (Å²) in [7, 11) is 0. The molecule has 0 radical (unpaired) electrons. The molecule has 0 unspecified atom stereocenters. The lowest BCUT2D eigenvalue weighted by Crippen LogP contribution is -2.40. The Balaban J connectivity index is 1.01. The van der Waals surface area contributed by atoms with Crippen molar-refractivity contribution in [1.82, 2.24) is 25.3 Å². The van der Waals surface area contributed by atoms with Crippen LogP contribution in [0.4, 0.5) is 0 Å². The second kappa shape index (κ2) is 10.2. The van der Waals surface area contributed by atoms with Gasteiger partial charge in [-0.25, -0.2) is 9.97 Å². The SMILES string of the molecule is Cc1ncc(OCC(=O)N[C@H]2CC[C@H](CCN3C[C@H](C)[C@@](C)(c4cc(C5CC5)on4)C3)CC2)cn1. The standard InChI is InChI=1S/C27H39N5O3/c1-18-15-32(17-27(18,3)25-12-24(35-31-25)21-6-7-21)11-10-20-4-8-22(9-5-20)30-26(33)16-34-23-13-28-19(2)29-14-23/h12-14,18,20-22H,4-11,15-17H2,1-3H3,(H,30,33)/t18-,20-,22-,27-/m0/s1. The first-order valence-corrected chi connectivity index (χ1v) is 13.3. The van der Waals surface area contributed by atoms with Crippen LogP contribution in [0.15, 0.2) is 23.0 Å². The summed E-state index contributed by atoms with van der Waals surface area (Å²) in [6.45, 7) is 9.86. The van der Waals surface area contributed by atoms with E-state index in [9.17, 15) is 4.79 Å². The molecule has 0 bridgehead atoms. The highest BCUT2D eigenvalue weighted by molar-refractivity contribution is 5.77. The van der Waals surface area contributed by atoms with Crippen LogP contribution >= 0.6 is 0 Å². The maximum atomic E-state index is 12.3. The Hall–Kier alpha value is -2.48. The molecule has 3 aliphatic rings. The molecule has 2 aliphatic carbocycles. The molecule has 2 atom stereocenters. The van der Waals surface area contributed by atoms with Crippen molar-refractivity contribution in [3.63, 3.8) is 0 Å². The van der Waals surface area contributed by atoms with E-state index in [-0.39, 0.29) is 24.0 Å². The fourth-order valence-electron chi connectivity index (χ4n) is 5.73. The van der Waals surface area contributed by atoms with E-state index in [4.69, 9.17) is 9.26 Å². The third-order valence-electron chi connectivity index (χ3n) is 8.46. The summed E-state index contributed by atoms with van der Waals surface area (Å²) >= 11 is 0. The van der Waals surface area contributed by atoms with Crippen LogP contribution in [0.5, 0.6) is 5.75 Å². The zero-order valence-corrected chi connectivity index (χ0v) is 21.3. The molecule has 8 nitrogen and oxygen atoms in total. The summed E-state index contributed by atoms with van der Waals surface area (Å²) in [6, 6.07) is 2.48. The lowest BCUT2D eigenvalue weighted by Gasteiger charge is -2.30. The lowest BCUT2D eigenvalue weighted by atomic mass is 9.78. The lowest BCUT2D eigenvalue weighted by molar-refractivity contribution is -0.124. The first-order chi connectivity index (χ1) is 16.9. The van der Waals surface area contributed by atoms with Crippen molar-refractivity contribution in [3.05, 3.63) is 35.7 Å². The van der Waals surface area contributed by atoms with Gasteiger partial charge < -0.3 is 19.5 Å². The van der Waals surface area contributed by atoms with Crippen LogP contribution in [0.25, 0.3) is 0 Å². The molecule has 3 heterocycles. The van der Waals surface area contributed by atoms with E-state index in [0.717, 1.165) is 49.8 Å². The van der Waals surface area contributed by atoms with Gasteiger partial charge in [-0.05, 0) is 70.3 Å². The molecule has 35 heavy (non-hydrogen) atoms. The molecule has 5 rings (SSSR count). The van der Waals surface area contributed by atoms with E-state index in [1.165, 1.54) is 32.1 Å². The Kier molecular flexibility index (Phi) is 7.09. The Morgan fingerprint density at radius 3 is 2.66 bits per heavy atom. The zero-order chi connectivity index (χ0) is 24.4. The van der Waals surface area contributed by atoms with E-state index in [0.29, 0.717) is 23.4 Å². The summed E-state index contributed by atoms with van der Waals surface area (Å²) in [4.78, 5) is 23.1. The number of amides is 1. The van der Waals surface area contributed by atoms with Crippen LogP contribution in [0, 0.1) is 18.8 Å². The Morgan fingerprint density at radius 1 is 1.20 bits per heavy atom. The minimum Gasteiger partial charge on any atom is -0.481 e. The number of hydrogen-bond acceptors (Lipinski definition) is 7. The molecule has 2 saturated carbocycles. The smallest absolute Gasteiger partial charge is 0.258 e. The van der Waals surface area contributed by atoms with Crippen LogP contribution < -0.4 is 10.1 Å². The minimum atomic E-state index is -0.0722. The quantitative estimate of drug-likeness (QED) is 0.578. The van der Waals surface area contributed by atoms with Crippen molar-refractivity contribution >= 4 is 5.91 Å². The van der Waals surface area contributed by atoms with Crippen molar-refractivity contribution < 1.29 is 14.1 Å². The van der Waals surface area contributed by atoms with Crippen LogP contribution in [0.1, 0.15) is 82.0 Å². The van der Waals surface area contributed by atoms with Crippen molar-refractivity contribution in [2.75, 3.05) is 26.2 Å². The molecule has 190 valence electrons. The van der Waals surface area contributed by atoms with E-state index < -0.39 is 0 Å². The number of aryl methyl sites for hydroxylation is 1. The van der Waals surface area contributed by atoms with Crippen molar-refractivity contribution in [3.8, 4) is 5.75 Å². The second-order valence-corrected chi connectivity index (χ2v) is 11.3. The average molecular weight is 482 g/mol. The van der Waals surface area contributed by atoms with Crippen molar-refractivity contribution in [2.24, 2.45) is 11.8 Å². The van der Waals surface area contributed by atoms with E-state index in [2.05, 4.69) is 45.3 Å². The highest BCUT2D eigenvalue weighted by Crippen LogP contribution is 2.44. The third kappa shape index (κ3) is 5.85. The number of hydrogen-bond donors (Lipinski definition) is 1. The van der Waals surface area contributed by atoms with Crippen LogP contribution in [-0.4, -0.2) is 58.2 Å². The van der Waals surface area contributed by atoms with Gasteiger partial charge >= 0.3 is 0 Å². The number of rotatable bonds is 9. The summed E-state index contributed by atoms with van der Waals surface area (Å²) < 4.78 is 11.2. The fraction of sp³-hybridized carbons (Fsp3) is 0.704. The van der Waals surface area contributed by atoms with Crippen LogP contribution in [0.3, 0.4) is 0 Å². The molecule has 1 aliphatic heterocycles. The highest BCUT2D eigenvalue weighted by atomic mass is 16.5. The number of likely N-dealkylation sites (tertiary alicyclic amines) is 1. The predicted molar refractivity (Wildman–Crippen MR) is 132 cm³/mol. The average Bonchev–Trinajstić information content (AvgIpc) is 3.50. The van der Waals surface area contributed by atoms with Crippen LogP contribution in [0.2, 0.25) is 0 Å². The number of nitrogens with zero attached hydrogens (tertiary/aromatic N) is 4. The Bertz CT molecular complexity index is 997. The van der Waals surface area contributed by atoms with Gasteiger partial charge in [0.05, 0.1) is 18.1 Å². The second-order valence-electron chi connectivity index (χ2n) is 11.3. The summed E-state index contributed by atoms with van der Waals surface area (Å²) in [5, 5.41) is 7.62. The van der Waals surface area contributed by atoms with Crippen LogP contribution in [-0.2, 0) is 10.2 Å². The Labute approximate surface area is 208 Å². The number of ether oxygens (including phenoxy) is 1. The number of carbonyl (C=O) groups excluding carboxylic acids is 1. The summed E-state index contributed by atoms with van der Waals surface area (Å²) in [5.41, 5.74) is 1.22. The van der Waals surface area contributed by atoms with Gasteiger partial charge in [0.15, 0.2) is 12.4 Å². The largest absolute Gasteiger partial charge is 0.481 e. The molecule has 2 aromatic rings. The van der Waals surface area contributed by atoms with Gasteiger partial charge in [0, 0.05) is 36.5 Å². The molecular formula is C27H39N5O3. The van der Waals surface area contributed by atoms with Crippen molar-refractivity contribution in [2.45, 2.75) is 83.1 Å². The summed E-state index contributed by atoms with van der Waals surface area (Å²) in [6.07, 6.45) is 11.3. The van der Waals surface area contributed by atoms with Crippen molar-refractivity contribution in [1.29, 1.82) is 0 Å². The zero-order valence-electron chi connectivity index (χ0n) is 21.3. The van der Waals surface area contributed by atoms with Gasteiger partial charge in [-0.1, -0.05) is 19.0 Å². The van der Waals surface area contributed by atoms with Gasteiger partial charge in [0.1, 0.15) is 11.6 Å².